The molecule has 0 aliphatic carbocycles. The number of ether oxygens (including phenoxy) is 1. The van der Waals surface area contributed by atoms with Crippen molar-refractivity contribution in [3.8, 4) is 0 Å². The lowest BCUT2D eigenvalue weighted by Gasteiger charge is -1.88. The maximum Gasteiger partial charge on any atom is 0.307 e. The van der Waals surface area contributed by atoms with Crippen molar-refractivity contribution in [3.63, 3.8) is 0 Å². The Morgan fingerprint density at radius 3 is 2.44 bits per heavy atom. The molecule has 0 saturated carbocycles. The monoisotopic (exact) mass is 126 g/mol. The summed E-state index contributed by atoms with van der Waals surface area (Å²) in [5, 5.41) is 0. The van der Waals surface area contributed by atoms with Crippen LogP contribution in [0.1, 0.15) is 13.8 Å². The zero-order chi connectivity index (χ0) is 7.28. The number of rotatable bonds is 2. The van der Waals surface area contributed by atoms with Crippen LogP contribution < -0.4 is 0 Å². The smallest absolute Gasteiger partial charge is 0.307 e. The molecule has 0 heterocycles. The molecule has 0 atom stereocenters. The Bertz CT molecular complexity index is 145. The van der Waals surface area contributed by atoms with Gasteiger partial charge in [-0.2, -0.15) is 0 Å². The van der Waals surface area contributed by atoms with E-state index in [-0.39, 0.29) is 5.97 Å². The van der Waals surface area contributed by atoms with Crippen LogP contribution in [0, 0.1) is 0 Å². The largest absolute Gasteiger partial charge is 0.435 e. The standard InChI is InChI=1S/C7H10O2/c1-6(2)4-5-9-7(3)8/h4-5H,1H2,2-3H3/b5-4-. The van der Waals surface area contributed by atoms with Gasteiger partial charge in [0.2, 0.25) is 0 Å². The van der Waals surface area contributed by atoms with Crippen molar-refractivity contribution in [3.05, 3.63) is 24.5 Å². The van der Waals surface area contributed by atoms with Crippen LogP contribution in [0.15, 0.2) is 24.5 Å². The van der Waals surface area contributed by atoms with E-state index in [9.17, 15) is 4.79 Å². The average Bonchev–Trinajstić information content (AvgIpc) is 1.63. The molecule has 9 heavy (non-hydrogen) atoms. The van der Waals surface area contributed by atoms with E-state index in [1.165, 1.54) is 13.2 Å². The molecule has 0 aliphatic rings. The Hall–Kier alpha value is -1.05. The molecule has 0 rings (SSSR count). The number of hydrogen-bond acceptors (Lipinski definition) is 2. The van der Waals surface area contributed by atoms with Gasteiger partial charge in [0.15, 0.2) is 0 Å². The van der Waals surface area contributed by atoms with Crippen molar-refractivity contribution in [2.75, 3.05) is 0 Å². The van der Waals surface area contributed by atoms with E-state index in [1.807, 2.05) is 6.92 Å². The summed E-state index contributed by atoms with van der Waals surface area (Å²) >= 11 is 0. The van der Waals surface area contributed by atoms with Gasteiger partial charge in [-0.05, 0) is 13.0 Å². The number of allylic oxidation sites excluding steroid dienone is 2. The zero-order valence-electron chi connectivity index (χ0n) is 5.68. The fraction of sp³-hybridized carbons (Fsp3) is 0.286. The van der Waals surface area contributed by atoms with Crippen LogP contribution in [0.4, 0.5) is 0 Å². The van der Waals surface area contributed by atoms with Crippen LogP contribution in [0.5, 0.6) is 0 Å². The highest BCUT2D eigenvalue weighted by Gasteiger charge is 1.82. The number of carbonyl (C=O) groups excluding carboxylic acids is 1. The van der Waals surface area contributed by atoms with E-state index in [1.54, 1.807) is 6.08 Å². The maximum absolute atomic E-state index is 10.1. The van der Waals surface area contributed by atoms with E-state index in [0.717, 1.165) is 5.57 Å². The quantitative estimate of drug-likeness (QED) is 0.319. The predicted octanol–water partition coefficient (Wildman–Crippen LogP) is 1.64. The van der Waals surface area contributed by atoms with Crippen LogP contribution in [-0.4, -0.2) is 5.97 Å². The van der Waals surface area contributed by atoms with Gasteiger partial charge in [0.1, 0.15) is 0 Å². The Morgan fingerprint density at radius 2 is 2.11 bits per heavy atom. The van der Waals surface area contributed by atoms with Crippen molar-refractivity contribution in [2.45, 2.75) is 13.8 Å². The minimum Gasteiger partial charge on any atom is -0.435 e. The Labute approximate surface area is 54.8 Å². The van der Waals surface area contributed by atoms with Crippen LogP contribution in [0.25, 0.3) is 0 Å². The first-order chi connectivity index (χ1) is 4.13. The van der Waals surface area contributed by atoms with Gasteiger partial charge >= 0.3 is 5.97 Å². The highest BCUT2D eigenvalue weighted by Crippen LogP contribution is 1.88. The predicted molar refractivity (Wildman–Crippen MR) is 35.7 cm³/mol. The third-order valence-corrected chi connectivity index (χ3v) is 0.587. The van der Waals surface area contributed by atoms with Crippen molar-refractivity contribution in [1.29, 1.82) is 0 Å². The third-order valence-electron chi connectivity index (χ3n) is 0.587. The second-order valence-electron chi connectivity index (χ2n) is 1.76. The summed E-state index contributed by atoms with van der Waals surface area (Å²) in [5.41, 5.74) is 0.858. The van der Waals surface area contributed by atoms with Gasteiger partial charge in [-0.1, -0.05) is 12.2 Å². The Morgan fingerprint density at radius 1 is 1.56 bits per heavy atom. The second kappa shape index (κ2) is 3.89. The van der Waals surface area contributed by atoms with Crippen LogP contribution >= 0.6 is 0 Å². The van der Waals surface area contributed by atoms with Crippen LogP contribution in [0.3, 0.4) is 0 Å². The lowest BCUT2D eigenvalue weighted by Crippen LogP contribution is -1.88. The lowest BCUT2D eigenvalue weighted by atomic mass is 10.3. The third kappa shape index (κ3) is 6.95. The SMILES string of the molecule is C=C(C)/C=C\OC(C)=O. The molecule has 0 N–H and O–H groups in total. The van der Waals surface area contributed by atoms with Crippen molar-refractivity contribution >= 4 is 5.97 Å². The summed E-state index contributed by atoms with van der Waals surface area (Å²) in [7, 11) is 0. The molecule has 0 spiro atoms. The summed E-state index contributed by atoms with van der Waals surface area (Å²) in [6, 6.07) is 0. The number of carbonyl (C=O) groups is 1. The zero-order valence-corrected chi connectivity index (χ0v) is 5.68. The molecule has 0 aromatic rings. The molecule has 50 valence electrons. The fourth-order valence-electron chi connectivity index (χ4n) is 0.246. The average molecular weight is 126 g/mol. The van der Waals surface area contributed by atoms with Gasteiger partial charge in [0, 0.05) is 6.92 Å². The van der Waals surface area contributed by atoms with Crippen LogP contribution in [-0.2, 0) is 9.53 Å². The molecule has 2 heteroatoms. The molecular formula is C7H10O2. The normalized spacial score (nSPS) is 9.56. The van der Waals surface area contributed by atoms with Crippen molar-refractivity contribution in [1.82, 2.24) is 0 Å². The summed E-state index contributed by atoms with van der Waals surface area (Å²) in [4.78, 5) is 10.1. The molecule has 2 nitrogen and oxygen atoms in total. The second-order valence-corrected chi connectivity index (χ2v) is 1.76. The lowest BCUT2D eigenvalue weighted by molar-refractivity contribution is -0.135. The highest BCUT2D eigenvalue weighted by molar-refractivity contribution is 5.66. The summed E-state index contributed by atoms with van der Waals surface area (Å²) < 4.78 is 4.47. The molecule has 0 aromatic heterocycles. The Balaban J connectivity index is 3.48. The summed E-state index contributed by atoms with van der Waals surface area (Å²) in [6.07, 6.45) is 2.95. The topological polar surface area (TPSA) is 26.3 Å². The minimum atomic E-state index is -0.312. The highest BCUT2D eigenvalue weighted by atomic mass is 16.5. The van der Waals surface area contributed by atoms with Gasteiger partial charge in [-0.25, -0.2) is 0 Å². The van der Waals surface area contributed by atoms with Gasteiger partial charge in [-0.15, -0.1) is 0 Å². The van der Waals surface area contributed by atoms with Gasteiger partial charge in [-0.3, -0.25) is 4.79 Å². The molecule has 0 aromatic carbocycles. The van der Waals surface area contributed by atoms with Crippen molar-refractivity contribution < 1.29 is 9.53 Å². The molecule has 0 unspecified atom stereocenters. The maximum atomic E-state index is 10.1. The van der Waals surface area contributed by atoms with E-state index in [0.29, 0.717) is 0 Å². The summed E-state index contributed by atoms with van der Waals surface area (Å²) in [5.74, 6) is -0.312. The van der Waals surface area contributed by atoms with E-state index < -0.39 is 0 Å². The van der Waals surface area contributed by atoms with Gasteiger partial charge in [0.25, 0.3) is 0 Å². The molecule has 0 amide bonds. The molecular weight excluding hydrogens is 116 g/mol. The van der Waals surface area contributed by atoms with Crippen molar-refractivity contribution in [2.24, 2.45) is 0 Å². The van der Waals surface area contributed by atoms with E-state index in [4.69, 9.17) is 0 Å². The first-order valence-corrected chi connectivity index (χ1v) is 2.62. The van der Waals surface area contributed by atoms with Crippen LogP contribution in [0.2, 0.25) is 0 Å². The molecule has 0 radical (unpaired) electrons. The van der Waals surface area contributed by atoms with Gasteiger partial charge < -0.3 is 4.74 Å². The molecule has 0 fully saturated rings. The number of esters is 1. The summed E-state index contributed by atoms with van der Waals surface area (Å²) in [6.45, 7) is 6.74. The van der Waals surface area contributed by atoms with E-state index >= 15 is 0 Å². The molecule has 0 bridgehead atoms. The molecule has 0 aliphatic heterocycles. The van der Waals surface area contributed by atoms with E-state index in [2.05, 4.69) is 11.3 Å². The first-order valence-electron chi connectivity index (χ1n) is 2.62. The molecule has 0 saturated heterocycles. The number of hydrogen-bond donors (Lipinski definition) is 0. The fourth-order valence-corrected chi connectivity index (χ4v) is 0.246. The first kappa shape index (κ1) is 7.95. The van der Waals surface area contributed by atoms with Gasteiger partial charge in [0.05, 0.1) is 6.26 Å². The minimum absolute atomic E-state index is 0.312. The Kier molecular flexibility index (Phi) is 3.44.